The lowest BCUT2D eigenvalue weighted by Crippen LogP contribution is -2.22. The summed E-state index contributed by atoms with van der Waals surface area (Å²) in [7, 11) is 0. The van der Waals surface area contributed by atoms with Crippen LogP contribution in [0.4, 0.5) is 5.69 Å². The second-order valence-electron chi connectivity index (χ2n) is 5.02. The molecule has 0 saturated heterocycles. The Bertz CT molecular complexity index is 640. The Morgan fingerprint density at radius 2 is 1.81 bits per heavy atom. The van der Waals surface area contributed by atoms with E-state index in [1.165, 1.54) is 0 Å². The Morgan fingerprint density at radius 3 is 2.48 bits per heavy atom. The van der Waals surface area contributed by atoms with Gasteiger partial charge in [-0.05, 0) is 62.2 Å². The second kappa shape index (κ2) is 7.14. The van der Waals surface area contributed by atoms with Crippen LogP contribution in [0, 0.1) is 13.8 Å². The van der Waals surface area contributed by atoms with Crippen molar-refractivity contribution in [2.24, 2.45) is 0 Å². The average Bonchev–Trinajstić information content (AvgIpc) is 2.45. The molecule has 0 aliphatic rings. The smallest absolute Gasteiger partial charge is 0.237 e. The highest BCUT2D eigenvalue weighted by molar-refractivity contribution is 9.10. The fraction of sp³-hybridized carbons (Fsp3) is 0.235. The van der Waals surface area contributed by atoms with Crippen molar-refractivity contribution in [2.45, 2.75) is 30.9 Å². The molecule has 2 aromatic rings. The van der Waals surface area contributed by atoms with Crippen LogP contribution < -0.4 is 5.32 Å². The zero-order valence-corrected chi connectivity index (χ0v) is 14.7. The number of rotatable bonds is 4. The van der Waals surface area contributed by atoms with Crippen LogP contribution in [-0.4, -0.2) is 11.2 Å². The molecule has 1 unspecified atom stereocenters. The summed E-state index contributed by atoms with van der Waals surface area (Å²) in [6, 6.07) is 14.1. The maximum atomic E-state index is 12.3. The van der Waals surface area contributed by atoms with Crippen LogP contribution in [-0.2, 0) is 4.79 Å². The lowest BCUT2D eigenvalue weighted by atomic mass is 10.1. The number of halogens is 1. The molecule has 0 aliphatic carbocycles. The molecule has 21 heavy (non-hydrogen) atoms. The van der Waals surface area contributed by atoms with E-state index in [1.54, 1.807) is 11.8 Å². The van der Waals surface area contributed by atoms with Gasteiger partial charge < -0.3 is 5.32 Å². The minimum Gasteiger partial charge on any atom is -0.325 e. The van der Waals surface area contributed by atoms with Crippen LogP contribution in [0.15, 0.2) is 51.8 Å². The van der Waals surface area contributed by atoms with Gasteiger partial charge in [-0.25, -0.2) is 0 Å². The number of carbonyl (C=O) groups excluding carboxylic acids is 1. The summed E-state index contributed by atoms with van der Waals surface area (Å²) >= 11 is 4.97. The summed E-state index contributed by atoms with van der Waals surface area (Å²) in [5, 5.41) is 2.87. The molecule has 2 nitrogen and oxygen atoms in total. The zero-order valence-electron chi connectivity index (χ0n) is 12.3. The molecule has 1 N–H and O–H groups in total. The summed E-state index contributed by atoms with van der Waals surface area (Å²) < 4.78 is 1.04. The first-order valence-corrected chi connectivity index (χ1v) is 8.43. The van der Waals surface area contributed by atoms with Crippen molar-refractivity contribution in [2.75, 3.05) is 5.32 Å². The van der Waals surface area contributed by atoms with Crippen molar-refractivity contribution in [3.05, 3.63) is 58.1 Å². The summed E-state index contributed by atoms with van der Waals surface area (Å²) in [6.45, 7) is 5.95. The Hall–Kier alpha value is -1.26. The third-order valence-corrected chi connectivity index (χ3v) is 4.79. The standard InChI is InChI=1S/C17H18BrNOS/c1-11-4-5-12(2)16(10-11)19-17(20)13(3)21-15-8-6-14(18)7-9-15/h4-10,13H,1-3H3,(H,19,20). The minimum absolute atomic E-state index is 0.0246. The topological polar surface area (TPSA) is 29.1 Å². The van der Waals surface area contributed by atoms with Crippen LogP contribution in [0.5, 0.6) is 0 Å². The van der Waals surface area contributed by atoms with Gasteiger partial charge in [0, 0.05) is 15.1 Å². The first-order chi connectivity index (χ1) is 9.95. The van der Waals surface area contributed by atoms with Crippen molar-refractivity contribution < 1.29 is 4.79 Å². The highest BCUT2D eigenvalue weighted by Crippen LogP contribution is 2.26. The van der Waals surface area contributed by atoms with Crippen molar-refractivity contribution in [3.63, 3.8) is 0 Å². The Morgan fingerprint density at radius 1 is 1.14 bits per heavy atom. The second-order valence-corrected chi connectivity index (χ2v) is 7.35. The predicted octanol–water partition coefficient (Wildman–Crippen LogP) is 5.19. The molecule has 2 aromatic carbocycles. The van der Waals surface area contributed by atoms with Gasteiger partial charge in [0.1, 0.15) is 0 Å². The Balaban J connectivity index is 2.02. The van der Waals surface area contributed by atoms with E-state index in [9.17, 15) is 4.79 Å². The van der Waals surface area contributed by atoms with Crippen molar-refractivity contribution >= 4 is 39.3 Å². The van der Waals surface area contributed by atoms with E-state index in [0.29, 0.717) is 0 Å². The van der Waals surface area contributed by atoms with Gasteiger partial charge in [0.05, 0.1) is 5.25 Å². The van der Waals surface area contributed by atoms with Gasteiger partial charge in [-0.2, -0.15) is 0 Å². The number of carbonyl (C=O) groups is 1. The van der Waals surface area contributed by atoms with Crippen molar-refractivity contribution in [1.82, 2.24) is 0 Å². The quantitative estimate of drug-likeness (QED) is 0.757. The van der Waals surface area contributed by atoms with Gasteiger partial charge >= 0.3 is 0 Å². The van der Waals surface area contributed by atoms with Gasteiger partial charge in [-0.15, -0.1) is 11.8 Å². The van der Waals surface area contributed by atoms with Gasteiger partial charge in [0.2, 0.25) is 5.91 Å². The maximum absolute atomic E-state index is 12.3. The summed E-state index contributed by atoms with van der Waals surface area (Å²) in [5.41, 5.74) is 3.11. The molecule has 1 amide bonds. The molecule has 0 radical (unpaired) electrons. The molecule has 110 valence electrons. The van der Waals surface area contributed by atoms with Gasteiger partial charge in [-0.1, -0.05) is 28.1 Å². The SMILES string of the molecule is Cc1ccc(C)c(NC(=O)C(C)Sc2ccc(Br)cc2)c1. The largest absolute Gasteiger partial charge is 0.325 e. The number of thioether (sulfide) groups is 1. The van der Waals surface area contributed by atoms with Crippen LogP contribution in [0.3, 0.4) is 0 Å². The van der Waals surface area contributed by atoms with E-state index in [0.717, 1.165) is 26.2 Å². The van der Waals surface area contributed by atoms with Crippen LogP contribution >= 0.6 is 27.7 Å². The first-order valence-electron chi connectivity index (χ1n) is 6.76. The third kappa shape index (κ3) is 4.61. The van der Waals surface area contributed by atoms with E-state index in [2.05, 4.69) is 21.2 Å². The predicted molar refractivity (Wildman–Crippen MR) is 94.0 cm³/mol. The zero-order chi connectivity index (χ0) is 15.4. The lowest BCUT2D eigenvalue weighted by Gasteiger charge is -2.14. The number of nitrogens with one attached hydrogen (secondary N) is 1. The fourth-order valence-electron chi connectivity index (χ4n) is 1.88. The number of hydrogen-bond acceptors (Lipinski definition) is 2. The highest BCUT2D eigenvalue weighted by atomic mass is 79.9. The molecule has 0 aliphatic heterocycles. The van der Waals surface area contributed by atoms with Crippen molar-refractivity contribution in [1.29, 1.82) is 0 Å². The van der Waals surface area contributed by atoms with Crippen LogP contribution in [0.25, 0.3) is 0 Å². The maximum Gasteiger partial charge on any atom is 0.237 e. The van der Waals surface area contributed by atoms with E-state index < -0.39 is 0 Å². The van der Waals surface area contributed by atoms with E-state index >= 15 is 0 Å². The Kier molecular flexibility index (Phi) is 5.48. The summed E-state index contributed by atoms with van der Waals surface area (Å²) in [5.74, 6) is 0.0246. The van der Waals surface area contributed by atoms with Crippen molar-refractivity contribution in [3.8, 4) is 0 Å². The molecule has 0 bridgehead atoms. The minimum atomic E-state index is -0.147. The average molecular weight is 364 g/mol. The number of aryl methyl sites for hydroxylation is 2. The van der Waals surface area contributed by atoms with Gasteiger partial charge in [0.15, 0.2) is 0 Å². The molecule has 1 atom stereocenters. The van der Waals surface area contributed by atoms with E-state index in [4.69, 9.17) is 0 Å². The lowest BCUT2D eigenvalue weighted by molar-refractivity contribution is -0.115. The third-order valence-electron chi connectivity index (χ3n) is 3.15. The molecule has 0 saturated carbocycles. The molecular weight excluding hydrogens is 346 g/mol. The molecule has 2 rings (SSSR count). The fourth-order valence-corrected chi connectivity index (χ4v) is 3.01. The molecule has 0 spiro atoms. The Labute approximate surface area is 138 Å². The molecule has 0 aromatic heterocycles. The normalized spacial score (nSPS) is 12.0. The number of benzene rings is 2. The molecule has 0 heterocycles. The monoisotopic (exact) mass is 363 g/mol. The molecular formula is C17H18BrNOS. The number of anilines is 1. The van der Waals surface area contributed by atoms with Gasteiger partial charge in [0.25, 0.3) is 0 Å². The van der Waals surface area contributed by atoms with E-state index in [-0.39, 0.29) is 11.2 Å². The highest BCUT2D eigenvalue weighted by Gasteiger charge is 2.15. The van der Waals surface area contributed by atoms with E-state index in [1.807, 2.05) is 63.2 Å². The summed E-state index contributed by atoms with van der Waals surface area (Å²) in [6.07, 6.45) is 0. The van der Waals surface area contributed by atoms with Gasteiger partial charge in [-0.3, -0.25) is 4.79 Å². The first kappa shape index (κ1) is 16.1. The van der Waals surface area contributed by atoms with Crippen LogP contribution in [0.2, 0.25) is 0 Å². The molecule has 0 fully saturated rings. The van der Waals surface area contributed by atoms with Crippen LogP contribution in [0.1, 0.15) is 18.1 Å². The number of hydrogen-bond donors (Lipinski definition) is 1. The molecule has 4 heteroatoms. The number of amides is 1. The summed E-state index contributed by atoms with van der Waals surface area (Å²) in [4.78, 5) is 13.4.